The minimum atomic E-state index is -4.42. The summed E-state index contributed by atoms with van der Waals surface area (Å²) >= 11 is 0. The number of likely N-dealkylation sites (tertiary alicyclic amines) is 2. The molecule has 2 N–H and O–H groups in total. The zero-order valence-electron chi connectivity index (χ0n) is 30.3. The van der Waals surface area contributed by atoms with Crippen molar-refractivity contribution in [2.45, 2.75) is 63.0 Å². The third kappa shape index (κ3) is 8.33. The molecule has 2 amide bonds. The average molecular weight is 798 g/mol. The third-order valence-electron chi connectivity index (χ3n) is 10.6. The van der Waals surface area contributed by atoms with Gasteiger partial charge in [-0.1, -0.05) is 36.4 Å². The number of halogens is 6. The zero-order chi connectivity index (χ0) is 40.5. The summed E-state index contributed by atoms with van der Waals surface area (Å²) in [6.45, 7) is 3.37. The zero-order valence-corrected chi connectivity index (χ0v) is 30.3. The Hall–Kier alpha value is -5.85. The van der Waals surface area contributed by atoms with E-state index in [-0.39, 0.29) is 53.4 Å². The van der Waals surface area contributed by atoms with Gasteiger partial charge in [-0.25, -0.2) is 4.79 Å². The highest BCUT2D eigenvalue weighted by Gasteiger charge is 2.38. The van der Waals surface area contributed by atoms with Crippen molar-refractivity contribution in [3.8, 4) is 0 Å². The largest absolute Gasteiger partial charge is 0.478 e. The number of nitrogens with zero attached hydrogens (tertiary/aromatic N) is 8. The highest BCUT2D eigenvalue weighted by Crippen LogP contribution is 2.40. The van der Waals surface area contributed by atoms with E-state index in [1.807, 2.05) is 4.57 Å². The second kappa shape index (κ2) is 16.0. The van der Waals surface area contributed by atoms with Crippen molar-refractivity contribution < 1.29 is 45.8 Å². The fourth-order valence-electron chi connectivity index (χ4n) is 7.71. The van der Waals surface area contributed by atoms with E-state index in [1.165, 1.54) is 45.8 Å². The van der Waals surface area contributed by atoms with Gasteiger partial charge in [-0.2, -0.15) is 26.3 Å². The maximum absolute atomic E-state index is 13.3. The summed E-state index contributed by atoms with van der Waals surface area (Å²) in [6, 6.07) is 13.9. The van der Waals surface area contributed by atoms with E-state index in [9.17, 15) is 40.7 Å². The number of carbonyl (C=O) groups is 3. The Labute approximate surface area is 321 Å². The van der Waals surface area contributed by atoms with Crippen LogP contribution in [-0.4, -0.2) is 94.8 Å². The van der Waals surface area contributed by atoms with E-state index in [1.54, 1.807) is 23.1 Å². The van der Waals surface area contributed by atoms with Crippen molar-refractivity contribution in [3.05, 3.63) is 112 Å². The van der Waals surface area contributed by atoms with E-state index in [4.69, 9.17) is 5.11 Å². The number of aromatic carboxylic acids is 1. The quantitative estimate of drug-likeness (QED) is 0.208. The van der Waals surface area contributed by atoms with Crippen LogP contribution >= 0.6 is 0 Å². The molecule has 0 saturated carbocycles. The van der Waals surface area contributed by atoms with Crippen LogP contribution in [0, 0.1) is 0 Å². The van der Waals surface area contributed by atoms with Crippen molar-refractivity contribution in [2.75, 3.05) is 32.7 Å². The number of hydrogen-bond donors (Lipinski definition) is 2. The van der Waals surface area contributed by atoms with Crippen LogP contribution in [0.3, 0.4) is 0 Å². The number of piperidine rings is 2. The first kappa shape index (κ1) is 39.4. The van der Waals surface area contributed by atoms with Gasteiger partial charge in [0, 0.05) is 45.5 Å². The minimum Gasteiger partial charge on any atom is -0.478 e. The normalized spacial score (nSPS) is 16.9. The van der Waals surface area contributed by atoms with Gasteiger partial charge in [0.15, 0.2) is 5.65 Å². The molecular weight excluding hydrogens is 760 g/mol. The summed E-state index contributed by atoms with van der Waals surface area (Å²) in [4.78, 5) is 39.9. The summed E-state index contributed by atoms with van der Waals surface area (Å²) < 4.78 is 82.9. The molecule has 0 bridgehead atoms. The molecule has 0 radical (unpaired) electrons. The summed E-state index contributed by atoms with van der Waals surface area (Å²) in [6.07, 6.45) is -5.56. The average Bonchev–Trinajstić information content (AvgIpc) is 3.85. The maximum atomic E-state index is 13.3. The highest BCUT2D eigenvalue weighted by molar-refractivity contribution is 5.93. The Bertz CT molecular complexity index is 2270. The Morgan fingerprint density at radius 1 is 0.667 bits per heavy atom. The summed E-state index contributed by atoms with van der Waals surface area (Å²) in [7, 11) is 0. The molecule has 5 aromatic rings. The minimum absolute atomic E-state index is 0.0260. The number of carboxylic acids is 1. The first-order chi connectivity index (χ1) is 27.2. The molecule has 2 aromatic carbocycles. The number of pyridine rings is 1. The van der Waals surface area contributed by atoms with Gasteiger partial charge >= 0.3 is 18.3 Å². The van der Waals surface area contributed by atoms with Crippen molar-refractivity contribution in [1.29, 1.82) is 0 Å². The Balaban J connectivity index is 0.000000175. The molecule has 0 atom stereocenters. The smallest absolute Gasteiger partial charge is 0.416 e. The molecule has 19 heteroatoms. The van der Waals surface area contributed by atoms with Crippen molar-refractivity contribution in [2.24, 2.45) is 0 Å². The molecule has 0 aliphatic carbocycles. The number of carbonyl (C=O) groups excluding carboxylic acids is 2. The highest BCUT2D eigenvalue weighted by atomic mass is 19.4. The summed E-state index contributed by atoms with van der Waals surface area (Å²) in [5.74, 6) is -1.11. The number of hydrogen-bond acceptors (Lipinski definition) is 8. The molecule has 3 aromatic heterocycles. The topological polar surface area (TPSA) is 151 Å². The standard InChI is InChI=1S/C20H17F3N4O3.C18H20F3N5O/c21-20(22,23)15-4-2-1-3-14(15)12-5-8-26(9-6-12)18(28)17-25-24-16-11-13(19(29)30)7-10-27(16)17;19-18(20,21)14-4-2-1-3-13(14)12-5-8-25(9-6-12)17(27)16-24-23-15-11-22-7-10-26(15)16/h1-4,7,10-12H,5-6,8-9H2,(H,29,30);1-4,12,22H,5-11H2. The van der Waals surface area contributed by atoms with Crippen LogP contribution in [-0.2, 0) is 25.4 Å². The van der Waals surface area contributed by atoms with Crippen LogP contribution in [0.1, 0.15) is 97.2 Å². The predicted octanol–water partition coefficient (Wildman–Crippen LogP) is 5.89. The molecule has 0 unspecified atom stereocenters. The number of aromatic nitrogens is 6. The summed E-state index contributed by atoms with van der Waals surface area (Å²) in [5, 5.41) is 28.0. The number of alkyl halides is 6. The van der Waals surface area contributed by atoms with Gasteiger partial charge in [0.25, 0.3) is 11.8 Å². The number of fused-ring (bicyclic) bond motifs is 2. The Morgan fingerprint density at radius 3 is 1.70 bits per heavy atom. The predicted molar refractivity (Wildman–Crippen MR) is 190 cm³/mol. The van der Waals surface area contributed by atoms with Crippen LogP contribution in [0.4, 0.5) is 26.3 Å². The van der Waals surface area contributed by atoms with Gasteiger partial charge in [-0.3, -0.25) is 14.0 Å². The molecule has 6 heterocycles. The van der Waals surface area contributed by atoms with E-state index >= 15 is 0 Å². The fourth-order valence-corrected chi connectivity index (χ4v) is 7.71. The first-order valence-electron chi connectivity index (χ1n) is 18.3. The van der Waals surface area contributed by atoms with Gasteiger partial charge in [0.1, 0.15) is 5.82 Å². The second-order valence-electron chi connectivity index (χ2n) is 14.0. The number of rotatable bonds is 5. The van der Waals surface area contributed by atoms with Gasteiger partial charge in [-0.15, -0.1) is 20.4 Å². The Morgan fingerprint density at radius 2 is 1.18 bits per heavy atom. The van der Waals surface area contributed by atoms with E-state index < -0.39 is 35.4 Å². The van der Waals surface area contributed by atoms with Gasteiger partial charge < -0.3 is 24.8 Å². The van der Waals surface area contributed by atoms with E-state index in [0.717, 1.165) is 24.5 Å². The van der Waals surface area contributed by atoms with Crippen LogP contribution in [0.15, 0.2) is 66.9 Å². The first-order valence-corrected chi connectivity index (χ1v) is 18.3. The second-order valence-corrected chi connectivity index (χ2v) is 14.0. The van der Waals surface area contributed by atoms with Crippen LogP contribution in [0.5, 0.6) is 0 Å². The molecule has 2 saturated heterocycles. The Kier molecular flexibility index (Phi) is 11.0. The lowest BCUT2D eigenvalue weighted by Crippen LogP contribution is -2.40. The molecule has 8 rings (SSSR count). The maximum Gasteiger partial charge on any atom is 0.416 e. The van der Waals surface area contributed by atoms with Crippen LogP contribution in [0.2, 0.25) is 0 Å². The molecule has 3 aliphatic heterocycles. The van der Waals surface area contributed by atoms with Gasteiger partial charge in [0.05, 0.1) is 23.2 Å². The summed E-state index contributed by atoms with van der Waals surface area (Å²) in [5.41, 5.74) is -0.374. The number of nitrogens with one attached hydrogen (secondary N) is 1. The van der Waals surface area contributed by atoms with E-state index in [0.29, 0.717) is 63.3 Å². The third-order valence-corrected chi connectivity index (χ3v) is 10.6. The molecule has 3 aliphatic rings. The van der Waals surface area contributed by atoms with Crippen molar-refractivity contribution in [3.63, 3.8) is 0 Å². The molecule has 300 valence electrons. The molecule has 13 nitrogen and oxygen atoms in total. The van der Waals surface area contributed by atoms with Crippen LogP contribution in [0.25, 0.3) is 5.65 Å². The number of carboxylic acid groups (broad SMARTS) is 1. The van der Waals surface area contributed by atoms with Gasteiger partial charge in [-0.05, 0) is 72.9 Å². The lowest BCUT2D eigenvalue weighted by Gasteiger charge is -2.33. The lowest BCUT2D eigenvalue weighted by molar-refractivity contribution is -0.139. The monoisotopic (exact) mass is 797 g/mol. The molecule has 57 heavy (non-hydrogen) atoms. The molecule has 0 spiro atoms. The van der Waals surface area contributed by atoms with Gasteiger partial charge in [0.2, 0.25) is 11.6 Å². The van der Waals surface area contributed by atoms with E-state index in [2.05, 4.69) is 25.7 Å². The molecule has 2 fully saturated rings. The van der Waals surface area contributed by atoms with Crippen LogP contribution < -0.4 is 5.32 Å². The SMILES string of the molecule is O=C(O)c1ccn2c(C(=O)N3CCC(c4ccccc4C(F)(F)F)CC3)nnc2c1.O=C(c1nnc2n1CCNC2)N1CCC(c2ccccc2C(F)(F)F)CC1. The lowest BCUT2D eigenvalue weighted by atomic mass is 9.86. The fraction of sp³-hybridized carbons (Fsp3) is 0.395. The van der Waals surface area contributed by atoms with Crippen molar-refractivity contribution in [1.82, 2.24) is 44.5 Å². The van der Waals surface area contributed by atoms with Crippen molar-refractivity contribution >= 4 is 23.4 Å². The number of amides is 2. The molecular formula is C38H37F6N9O4. The number of benzene rings is 2.